The van der Waals surface area contributed by atoms with Crippen molar-refractivity contribution in [3.8, 4) is 11.5 Å². The van der Waals surface area contributed by atoms with Gasteiger partial charge < -0.3 is 19.7 Å². The molecule has 2 aromatic carbocycles. The number of hydrogen-bond acceptors (Lipinski definition) is 4. The maximum atomic E-state index is 6.12. The van der Waals surface area contributed by atoms with Crippen molar-refractivity contribution >= 4 is 40.5 Å². The Morgan fingerprint density at radius 1 is 0.933 bits per heavy atom. The predicted molar refractivity (Wildman–Crippen MR) is 127 cm³/mol. The molecular formula is C22H27Cl2N3O2S. The minimum absolute atomic E-state index is 0.592. The molecule has 1 aliphatic rings. The molecule has 0 radical (unpaired) electrons. The van der Waals surface area contributed by atoms with E-state index >= 15 is 0 Å². The standard InChI is InChI=1S/C22H27Cl2N3O2S/c1-28-20-6-4-16(14-21(20)29-2)7-8-25-22(30)27-11-9-26(10-12-27)15-17-3-5-18(23)19(24)13-17/h3-6,13-14H,7-12,15H2,1-2H3,(H,25,30). The molecular weight excluding hydrogens is 441 g/mol. The third kappa shape index (κ3) is 6.14. The number of thiocarbonyl (C=S) groups is 1. The first-order valence-electron chi connectivity index (χ1n) is 9.90. The van der Waals surface area contributed by atoms with Crippen molar-refractivity contribution in [1.29, 1.82) is 0 Å². The molecule has 0 aliphatic carbocycles. The zero-order chi connectivity index (χ0) is 21.5. The van der Waals surface area contributed by atoms with Crippen LogP contribution in [0.25, 0.3) is 0 Å². The van der Waals surface area contributed by atoms with Crippen LogP contribution in [0.15, 0.2) is 36.4 Å². The van der Waals surface area contributed by atoms with Crippen LogP contribution in [0.5, 0.6) is 11.5 Å². The highest BCUT2D eigenvalue weighted by Crippen LogP contribution is 2.27. The van der Waals surface area contributed by atoms with Crippen molar-refractivity contribution in [2.75, 3.05) is 46.9 Å². The largest absolute Gasteiger partial charge is 0.493 e. The number of halogens is 2. The van der Waals surface area contributed by atoms with Gasteiger partial charge in [-0.15, -0.1) is 0 Å². The summed E-state index contributed by atoms with van der Waals surface area (Å²) in [5.41, 5.74) is 2.35. The molecule has 1 N–H and O–H groups in total. The highest BCUT2D eigenvalue weighted by atomic mass is 35.5. The predicted octanol–water partition coefficient (Wildman–Crippen LogP) is 4.25. The number of piperazine rings is 1. The Hall–Kier alpha value is -1.73. The first kappa shape index (κ1) is 22.9. The third-order valence-corrected chi connectivity index (χ3v) is 6.33. The second-order valence-corrected chi connectivity index (χ2v) is 8.38. The summed E-state index contributed by atoms with van der Waals surface area (Å²) in [5, 5.41) is 5.39. The van der Waals surface area contributed by atoms with Gasteiger partial charge in [0.15, 0.2) is 16.6 Å². The molecule has 162 valence electrons. The lowest BCUT2D eigenvalue weighted by Crippen LogP contribution is -2.51. The summed E-state index contributed by atoms with van der Waals surface area (Å²) in [6.07, 6.45) is 0.859. The lowest BCUT2D eigenvalue weighted by molar-refractivity contribution is 0.174. The molecule has 30 heavy (non-hydrogen) atoms. The lowest BCUT2D eigenvalue weighted by atomic mass is 10.1. The number of benzene rings is 2. The minimum Gasteiger partial charge on any atom is -0.493 e. The van der Waals surface area contributed by atoms with Crippen LogP contribution in [0.3, 0.4) is 0 Å². The fourth-order valence-corrected chi connectivity index (χ4v) is 4.07. The van der Waals surface area contributed by atoms with Gasteiger partial charge in [-0.25, -0.2) is 0 Å². The number of rotatable bonds is 7. The van der Waals surface area contributed by atoms with Crippen molar-refractivity contribution in [1.82, 2.24) is 15.1 Å². The molecule has 0 saturated carbocycles. The molecule has 5 nitrogen and oxygen atoms in total. The molecule has 0 spiro atoms. The second kappa shape index (κ2) is 11.0. The van der Waals surface area contributed by atoms with Crippen molar-refractivity contribution in [3.63, 3.8) is 0 Å². The van der Waals surface area contributed by atoms with Gasteiger partial charge in [-0.05, 0) is 54.0 Å². The Morgan fingerprint density at radius 2 is 1.63 bits per heavy atom. The first-order valence-corrected chi connectivity index (χ1v) is 11.1. The lowest BCUT2D eigenvalue weighted by Gasteiger charge is -2.36. The van der Waals surface area contributed by atoms with Crippen LogP contribution in [0, 0.1) is 0 Å². The van der Waals surface area contributed by atoms with Crippen molar-refractivity contribution in [2.24, 2.45) is 0 Å². The molecule has 1 heterocycles. The molecule has 1 saturated heterocycles. The van der Waals surface area contributed by atoms with E-state index in [0.29, 0.717) is 10.0 Å². The third-order valence-electron chi connectivity index (χ3n) is 5.19. The van der Waals surface area contributed by atoms with E-state index in [4.69, 9.17) is 44.9 Å². The van der Waals surface area contributed by atoms with Gasteiger partial charge >= 0.3 is 0 Å². The van der Waals surface area contributed by atoms with Gasteiger partial charge in [-0.2, -0.15) is 0 Å². The Labute approximate surface area is 193 Å². The zero-order valence-corrected chi connectivity index (χ0v) is 19.6. The summed E-state index contributed by atoms with van der Waals surface area (Å²) in [4.78, 5) is 4.64. The van der Waals surface area contributed by atoms with Crippen LogP contribution < -0.4 is 14.8 Å². The Kier molecular flexibility index (Phi) is 8.45. The fraction of sp³-hybridized carbons (Fsp3) is 0.409. The molecule has 0 aromatic heterocycles. The van der Waals surface area contributed by atoms with Gasteiger partial charge in [0.25, 0.3) is 0 Å². The summed E-state index contributed by atoms with van der Waals surface area (Å²) < 4.78 is 10.7. The Morgan fingerprint density at radius 3 is 2.30 bits per heavy atom. The summed E-state index contributed by atoms with van der Waals surface area (Å²) >= 11 is 17.7. The van der Waals surface area contributed by atoms with Gasteiger partial charge in [0, 0.05) is 39.3 Å². The van der Waals surface area contributed by atoms with Crippen LogP contribution >= 0.6 is 35.4 Å². The van der Waals surface area contributed by atoms with Crippen molar-refractivity contribution in [3.05, 3.63) is 57.6 Å². The van der Waals surface area contributed by atoms with Gasteiger partial charge in [0.1, 0.15) is 0 Å². The summed E-state index contributed by atoms with van der Waals surface area (Å²) in [7, 11) is 3.29. The smallest absolute Gasteiger partial charge is 0.169 e. The highest BCUT2D eigenvalue weighted by Gasteiger charge is 2.19. The van der Waals surface area contributed by atoms with Crippen LogP contribution in [-0.2, 0) is 13.0 Å². The van der Waals surface area contributed by atoms with Crippen LogP contribution in [0.1, 0.15) is 11.1 Å². The summed E-state index contributed by atoms with van der Waals surface area (Å²) in [5.74, 6) is 1.49. The number of hydrogen-bond donors (Lipinski definition) is 1. The molecule has 0 bridgehead atoms. The maximum Gasteiger partial charge on any atom is 0.169 e. The van der Waals surface area contributed by atoms with Gasteiger partial charge in [-0.1, -0.05) is 35.3 Å². The summed E-state index contributed by atoms with van der Waals surface area (Å²) in [6.45, 7) is 5.37. The fourth-order valence-electron chi connectivity index (χ4n) is 3.47. The average molecular weight is 468 g/mol. The first-order chi connectivity index (χ1) is 14.5. The minimum atomic E-state index is 0.592. The van der Waals surface area contributed by atoms with Crippen LogP contribution in [0.2, 0.25) is 10.0 Å². The van der Waals surface area contributed by atoms with E-state index < -0.39 is 0 Å². The van der Waals surface area contributed by atoms with Crippen molar-refractivity contribution in [2.45, 2.75) is 13.0 Å². The number of ether oxygens (including phenoxy) is 2. The van der Waals surface area contributed by atoms with E-state index in [-0.39, 0.29) is 0 Å². The molecule has 0 amide bonds. The van der Waals surface area contributed by atoms with Crippen molar-refractivity contribution < 1.29 is 9.47 Å². The molecule has 0 unspecified atom stereocenters. The molecule has 1 aliphatic heterocycles. The molecule has 0 atom stereocenters. The zero-order valence-electron chi connectivity index (χ0n) is 17.3. The summed E-state index contributed by atoms with van der Waals surface area (Å²) in [6, 6.07) is 11.8. The molecule has 3 rings (SSSR count). The average Bonchev–Trinajstić information content (AvgIpc) is 2.76. The normalized spacial score (nSPS) is 14.5. The van der Waals surface area contributed by atoms with Gasteiger partial charge in [-0.3, -0.25) is 4.90 Å². The highest BCUT2D eigenvalue weighted by molar-refractivity contribution is 7.80. The molecule has 8 heteroatoms. The van der Waals surface area contributed by atoms with E-state index in [0.717, 1.165) is 62.3 Å². The van der Waals surface area contributed by atoms with Gasteiger partial charge in [0.05, 0.1) is 24.3 Å². The number of nitrogens with one attached hydrogen (secondary N) is 1. The van der Waals surface area contributed by atoms with E-state index in [1.165, 1.54) is 11.1 Å². The van der Waals surface area contributed by atoms with Crippen LogP contribution in [0.4, 0.5) is 0 Å². The molecule has 2 aromatic rings. The molecule has 1 fully saturated rings. The number of methoxy groups -OCH3 is 2. The van der Waals surface area contributed by atoms with E-state index in [9.17, 15) is 0 Å². The Bertz CT molecular complexity index is 873. The number of nitrogens with zero attached hydrogens (tertiary/aromatic N) is 2. The van der Waals surface area contributed by atoms with E-state index in [2.05, 4.69) is 15.1 Å². The quantitative estimate of drug-likeness (QED) is 0.613. The Balaban J connectivity index is 1.41. The van der Waals surface area contributed by atoms with Crippen LogP contribution in [-0.4, -0.2) is 61.9 Å². The topological polar surface area (TPSA) is 37.0 Å². The van der Waals surface area contributed by atoms with E-state index in [1.54, 1.807) is 14.2 Å². The SMILES string of the molecule is COc1ccc(CCNC(=S)N2CCN(Cc3ccc(Cl)c(Cl)c3)CC2)cc1OC. The maximum absolute atomic E-state index is 6.12. The monoisotopic (exact) mass is 467 g/mol. The van der Waals surface area contributed by atoms with E-state index in [1.807, 2.05) is 36.4 Å². The van der Waals surface area contributed by atoms with Gasteiger partial charge in [0.2, 0.25) is 0 Å². The second-order valence-electron chi connectivity index (χ2n) is 7.18.